The van der Waals surface area contributed by atoms with Gasteiger partial charge in [0.2, 0.25) is 0 Å². The number of ether oxygens (including phenoxy) is 1. The smallest absolute Gasteiger partial charge is 0.253 e. The maximum absolute atomic E-state index is 12.8. The molecule has 5 nitrogen and oxygen atoms in total. The third kappa shape index (κ3) is 3.12. The molecule has 140 valence electrons. The summed E-state index contributed by atoms with van der Waals surface area (Å²) in [5.41, 5.74) is 9.39. The van der Waals surface area contributed by atoms with Gasteiger partial charge in [0.15, 0.2) is 5.78 Å². The number of carbonyl (C=O) groups excluding carboxylic acids is 2. The Labute approximate surface area is 159 Å². The van der Waals surface area contributed by atoms with Crippen LogP contribution in [0.25, 0.3) is 0 Å². The van der Waals surface area contributed by atoms with Gasteiger partial charge in [-0.3, -0.25) is 9.59 Å². The number of likely N-dealkylation sites (tertiary alicyclic amines) is 1. The molecule has 0 bridgehead atoms. The van der Waals surface area contributed by atoms with E-state index in [1.54, 1.807) is 24.3 Å². The normalized spacial score (nSPS) is 17.5. The van der Waals surface area contributed by atoms with Gasteiger partial charge < -0.3 is 15.4 Å². The number of rotatable bonds is 3. The minimum Gasteiger partial charge on any atom is -0.492 e. The zero-order valence-corrected chi connectivity index (χ0v) is 15.5. The number of amides is 1. The fourth-order valence-corrected chi connectivity index (χ4v) is 4.12. The molecule has 2 heterocycles. The summed E-state index contributed by atoms with van der Waals surface area (Å²) in [6, 6.07) is 13.1. The molecule has 0 radical (unpaired) electrons. The minimum atomic E-state index is -0.0181. The van der Waals surface area contributed by atoms with Crippen molar-refractivity contribution in [2.24, 2.45) is 5.73 Å². The van der Waals surface area contributed by atoms with Gasteiger partial charge in [0.25, 0.3) is 5.91 Å². The molecular formula is C22H24N2O3. The Hall–Kier alpha value is -2.66. The number of nitrogens with two attached hydrogens (primary N) is 1. The van der Waals surface area contributed by atoms with E-state index in [-0.39, 0.29) is 17.1 Å². The molecule has 1 spiro atoms. The number of ketones is 1. The Balaban J connectivity index is 1.48. The molecule has 1 fully saturated rings. The van der Waals surface area contributed by atoms with Gasteiger partial charge in [-0.15, -0.1) is 0 Å². The molecule has 4 rings (SSSR count). The minimum absolute atomic E-state index is 0.00524. The lowest BCUT2D eigenvalue weighted by atomic mass is 9.74. The molecule has 0 unspecified atom stereocenters. The first kappa shape index (κ1) is 17.7. The first-order valence-electron chi connectivity index (χ1n) is 9.39. The fourth-order valence-electron chi connectivity index (χ4n) is 4.12. The van der Waals surface area contributed by atoms with E-state index in [9.17, 15) is 9.59 Å². The van der Waals surface area contributed by atoms with Crippen LogP contribution in [0.4, 0.5) is 0 Å². The van der Waals surface area contributed by atoms with Crippen LogP contribution < -0.4 is 10.5 Å². The number of nitrogens with zero attached hydrogens (tertiary/aromatic N) is 1. The van der Waals surface area contributed by atoms with Crippen molar-refractivity contribution >= 4 is 11.7 Å². The van der Waals surface area contributed by atoms with E-state index < -0.39 is 0 Å². The molecule has 2 aromatic rings. The van der Waals surface area contributed by atoms with Gasteiger partial charge in [-0.2, -0.15) is 0 Å². The number of hydrogen-bond acceptors (Lipinski definition) is 4. The van der Waals surface area contributed by atoms with Crippen LogP contribution in [0, 0.1) is 0 Å². The maximum atomic E-state index is 12.8. The molecular weight excluding hydrogens is 340 g/mol. The third-order valence-electron chi connectivity index (χ3n) is 5.90. The first-order chi connectivity index (χ1) is 13.0. The van der Waals surface area contributed by atoms with Crippen LogP contribution in [0.1, 0.15) is 51.6 Å². The lowest BCUT2D eigenvalue weighted by Crippen LogP contribution is -2.46. The molecule has 0 aromatic heterocycles. The van der Waals surface area contributed by atoms with Gasteiger partial charge in [-0.25, -0.2) is 0 Å². The van der Waals surface area contributed by atoms with Gasteiger partial charge in [0.05, 0.1) is 6.61 Å². The van der Waals surface area contributed by atoms with Gasteiger partial charge in [0.1, 0.15) is 5.75 Å². The van der Waals surface area contributed by atoms with E-state index in [1.165, 1.54) is 12.5 Å². The molecule has 2 aliphatic heterocycles. The van der Waals surface area contributed by atoms with Crippen LogP contribution in [0.15, 0.2) is 42.5 Å². The monoisotopic (exact) mass is 364 g/mol. The van der Waals surface area contributed by atoms with Gasteiger partial charge in [-0.05, 0) is 43.5 Å². The van der Waals surface area contributed by atoms with Crippen molar-refractivity contribution in [3.63, 3.8) is 0 Å². The highest BCUT2D eigenvalue weighted by atomic mass is 16.5. The van der Waals surface area contributed by atoms with Gasteiger partial charge >= 0.3 is 0 Å². The molecule has 0 atom stereocenters. The summed E-state index contributed by atoms with van der Waals surface area (Å²) in [5.74, 6) is 0.979. The summed E-state index contributed by atoms with van der Waals surface area (Å²) in [4.78, 5) is 26.1. The van der Waals surface area contributed by atoms with E-state index >= 15 is 0 Å². The Morgan fingerprint density at radius 2 is 1.74 bits per heavy atom. The fraction of sp³-hybridized carbons (Fsp3) is 0.364. The summed E-state index contributed by atoms with van der Waals surface area (Å²) in [7, 11) is 0. The molecule has 1 amide bonds. The van der Waals surface area contributed by atoms with Gasteiger partial charge in [-0.1, -0.05) is 24.3 Å². The van der Waals surface area contributed by atoms with Crippen LogP contribution in [-0.4, -0.2) is 36.3 Å². The third-order valence-corrected chi connectivity index (χ3v) is 5.90. The average Bonchev–Trinajstić information content (AvgIpc) is 3.05. The standard InChI is InChI=1S/C22H24N2O3/c1-15(25)17-3-5-18(6-4-17)21(26)24-10-8-22(9-11-24)14-27-20-7-2-16(13-23)12-19(20)22/h2-7,12H,8-11,13-14,23H2,1H3. The largest absolute Gasteiger partial charge is 0.492 e. The number of piperidine rings is 1. The van der Waals surface area contributed by atoms with Gasteiger partial charge in [0, 0.05) is 41.7 Å². The lowest BCUT2D eigenvalue weighted by molar-refractivity contribution is 0.0646. The molecule has 1 saturated heterocycles. The quantitative estimate of drug-likeness (QED) is 0.850. The second-order valence-electron chi connectivity index (χ2n) is 7.53. The van der Waals surface area contributed by atoms with Crippen LogP contribution >= 0.6 is 0 Å². The van der Waals surface area contributed by atoms with Crippen LogP contribution in [0.5, 0.6) is 5.75 Å². The molecule has 0 saturated carbocycles. The number of Topliss-reactive ketones (excluding diaryl/α,β-unsaturated/α-hetero) is 1. The Bertz CT molecular complexity index is 881. The predicted molar refractivity (Wildman–Crippen MR) is 103 cm³/mol. The van der Waals surface area contributed by atoms with E-state index in [0.29, 0.717) is 37.4 Å². The van der Waals surface area contributed by atoms with E-state index in [1.807, 2.05) is 17.0 Å². The topological polar surface area (TPSA) is 72.6 Å². The number of hydrogen-bond donors (Lipinski definition) is 1. The zero-order valence-electron chi connectivity index (χ0n) is 15.5. The Morgan fingerprint density at radius 1 is 1.07 bits per heavy atom. The molecule has 2 aliphatic rings. The Morgan fingerprint density at radius 3 is 2.37 bits per heavy atom. The molecule has 27 heavy (non-hydrogen) atoms. The van der Waals surface area contributed by atoms with Crippen molar-refractivity contribution in [2.75, 3.05) is 19.7 Å². The summed E-state index contributed by atoms with van der Waals surface area (Å²) in [6.07, 6.45) is 1.76. The van der Waals surface area contributed by atoms with Crippen molar-refractivity contribution in [3.8, 4) is 5.75 Å². The second kappa shape index (κ2) is 6.82. The van der Waals surface area contributed by atoms with E-state index in [0.717, 1.165) is 24.2 Å². The van der Waals surface area contributed by atoms with Crippen LogP contribution in [0.3, 0.4) is 0 Å². The molecule has 0 aliphatic carbocycles. The number of carbonyl (C=O) groups is 2. The summed E-state index contributed by atoms with van der Waals surface area (Å²) >= 11 is 0. The summed E-state index contributed by atoms with van der Waals surface area (Å²) in [5, 5.41) is 0. The predicted octanol–water partition coefficient (Wildman–Crippen LogP) is 2.91. The van der Waals surface area contributed by atoms with Crippen molar-refractivity contribution in [1.29, 1.82) is 0 Å². The first-order valence-corrected chi connectivity index (χ1v) is 9.39. The zero-order chi connectivity index (χ0) is 19.0. The summed E-state index contributed by atoms with van der Waals surface area (Å²) < 4.78 is 5.93. The SMILES string of the molecule is CC(=O)c1ccc(C(=O)N2CCC3(CC2)COc2ccc(CN)cc23)cc1. The molecule has 2 N–H and O–H groups in total. The highest BCUT2D eigenvalue weighted by Crippen LogP contribution is 2.45. The van der Waals surface area contributed by atoms with Crippen LogP contribution in [-0.2, 0) is 12.0 Å². The number of benzene rings is 2. The van der Waals surface area contributed by atoms with E-state index in [2.05, 4.69) is 6.07 Å². The van der Waals surface area contributed by atoms with Crippen molar-refractivity contribution < 1.29 is 14.3 Å². The molecule has 5 heteroatoms. The summed E-state index contributed by atoms with van der Waals surface area (Å²) in [6.45, 7) is 4.11. The number of fused-ring (bicyclic) bond motifs is 2. The lowest BCUT2D eigenvalue weighted by Gasteiger charge is -2.38. The Kier molecular flexibility index (Phi) is 4.48. The highest BCUT2D eigenvalue weighted by Gasteiger charge is 2.43. The highest BCUT2D eigenvalue weighted by molar-refractivity contribution is 5.97. The average molecular weight is 364 g/mol. The van der Waals surface area contributed by atoms with Crippen LogP contribution in [0.2, 0.25) is 0 Å². The van der Waals surface area contributed by atoms with E-state index in [4.69, 9.17) is 10.5 Å². The second-order valence-corrected chi connectivity index (χ2v) is 7.53. The van der Waals surface area contributed by atoms with Crippen molar-refractivity contribution in [2.45, 2.75) is 31.7 Å². The van der Waals surface area contributed by atoms with Crippen molar-refractivity contribution in [3.05, 3.63) is 64.7 Å². The molecule has 2 aromatic carbocycles. The van der Waals surface area contributed by atoms with Crippen molar-refractivity contribution in [1.82, 2.24) is 4.90 Å². The maximum Gasteiger partial charge on any atom is 0.253 e.